The number of thiocarbonyl (C=S) groups is 1. The Kier molecular flexibility index (Phi) is 9.15. The van der Waals surface area contributed by atoms with Crippen molar-refractivity contribution in [2.75, 3.05) is 12.9 Å². The molecule has 1 unspecified atom stereocenters. The molecule has 1 N–H and O–H groups in total. The van der Waals surface area contributed by atoms with Gasteiger partial charge in [-0.15, -0.1) is 0 Å². The molecule has 0 aliphatic carbocycles. The van der Waals surface area contributed by atoms with Gasteiger partial charge in [-0.05, 0) is 18.4 Å². The maximum absolute atomic E-state index is 13.1. The van der Waals surface area contributed by atoms with Gasteiger partial charge in [-0.25, -0.2) is 0 Å². The Balaban J connectivity index is 2.03. The second-order valence-corrected chi connectivity index (χ2v) is 8.99. The lowest BCUT2D eigenvalue weighted by molar-refractivity contribution is -0.134. The molecule has 1 aliphatic rings. The molecule has 1 saturated heterocycles. The Hall–Kier alpha value is -1.21. The fourth-order valence-corrected chi connectivity index (χ4v) is 4.89. The maximum atomic E-state index is 13.1. The van der Waals surface area contributed by atoms with Crippen LogP contribution in [-0.4, -0.2) is 51.3 Å². The molecule has 0 aromatic heterocycles. The van der Waals surface area contributed by atoms with Crippen LogP contribution < -0.4 is 0 Å². The van der Waals surface area contributed by atoms with Crippen molar-refractivity contribution in [2.45, 2.75) is 51.9 Å². The summed E-state index contributed by atoms with van der Waals surface area (Å²) in [4.78, 5) is 14.8. The molecule has 1 aromatic carbocycles. The molecule has 1 heterocycles. The van der Waals surface area contributed by atoms with E-state index >= 15 is 0 Å². The van der Waals surface area contributed by atoms with Crippen molar-refractivity contribution < 1.29 is 14.6 Å². The van der Waals surface area contributed by atoms with E-state index in [0.29, 0.717) is 4.32 Å². The smallest absolute Gasteiger partial charge is 0.234 e. The Bertz CT molecular complexity index is 676. The number of carbonyl (C=O) groups excluding carboxylic acids is 1. The minimum atomic E-state index is -0.852. The Morgan fingerprint density at radius 3 is 2.64 bits per heavy atom. The summed E-state index contributed by atoms with van der Waals surface area (Å²) in [6.45, 7) is 5.89. The minimum Gasteiger partial charge on any atom is -0.388 e. The summed E-state index contributed by atoms with van der Waals surface area (Å²) < 4.78 is 6.04. The minimum absolute atomic E-state index is 0.0305. The van der Waals surface area contributed by atoms with Gasteiger partial charge in [0, 0.05) is 18.8 Å². The first-order chi connectivity index (χ1) is 13.4. The third-order valence-electron chi connectivity index (χ3n) is 5.32. The number of benzene rings is 1. The lowest BCUT2D eigenvalue weighted by Crippen LogP contribution is -2.45. The van der Waals surface area contributed by atoms with Crippen LogP contribution in [0, 0.1) is 11.8 Å². The van der Waals surface area contributed by atoms with Gasteiger partial charge >= 0.3 is 0 Å². The summed E-state index contributed by atoms with van der Waals surface area (Å²) in [5, 5.41) is 10.6. The quantitative estimate of drug-likeness (QED) is 0.481. The van der Waals surface area contributed by atoms with Gasteiger partial charge in [-0.2, -0.15) is 0 Å². The van der Waals surface area contributed by atoms with Crippen LogP contribution in [0.25, 0.3) is 0 Å². The van der Waals surface area contributed by atoms with E-state index in [-0.39, 0.29) is 24.0 Å². The van der Waals surface area contributed by atoms with E-state index in [9.17, 15) is 9.90 Å². The summed E-state index contributed by atoms with van der Waals surface area (Å²) >= 11 is 6.98. The van der Waals surface area contributed by atoms with Crippen molar-refractivity contribution >= 4 is 34.2 Å². The molecular formula is C22H31NO3S2. The first-order valence-electron chi connectivity index (χ1n) is 9.81. The fourth-order valence-electron chi connectivity index (χ4n) is 3.47. The molecule has 4 nitrogen and oxygen atoms in total. The normalized spacial score (nSPS) is 21.7. The SMILES string of the molecule is CC[C@H](OC)[C@@H](C)/C=C/[C@H](O)[C@@H](C)C(=O)N1C(=S)SCC1Cc1ccccc1. The lowest BCUT2D eigenvalue weighted by atomic mass is 9.97. The molecule has 0 spiro atoms. The van der Waals surface area contributed by atoms with Gasteiger partial charge in [0.1, 0.15) is 4.32 Å². The summed E-state index contributed by atoms with van der Waals surface area (Å²) in [5.41, 5.74) is 1.18. The molecule has 0 bridgehead atoms. The topological polar surface area (TPSA) is 49.8 Å². The Morgan fingerprint density at radius 2 is 2.04 bits per heavy atom. The van der Waals surface area contributed by atoms with Crippen molar-refractivity contribution in [3.8, 4) is 0 Å². The number of ether oxygens (including phenoxy) is 1. The zero-order chi connectivity index (χ0) is 20.7. The zero-order valence-corrected chi connectivity index (χ0v) is 18.7. The number of amides is 1. The second-order valence-electron chi connectivity index (χ2n) is 7.33. The molecule has 28 heavy (non-hydrogen) atoms. The van der Waals surface area contributed by atoms with Crippen molar-refractivity contribution in [2.24, 2.45) is 11.8 Å². The van der Waals surface area contributed by atoms with Crippen LogP contribution in [0.2, 0.25) is 0 Å². The van der Waals surface area contributed by atoms with E-state index in [4.69, 9.17) is 17.0 Å². The zero-order valence-electron chi connectivity index (χ0n) is 17.1. The molecule has 154 valence electrons. The number of rotatable bonds is 9. The van der Waals surface area contributed by atoms with Gasteiger partial charge in [-0.3, -0.25) is 9.69 Å². The Morgan fingerprint density at radius 1 is 1.36 bits per heavy atom. The van der Waals surface area contributed by atoms with Crippen molar-refractivity contribution in [3.05, 3.63) is 48.0 Å². The van der Waals surface area contributed by atoms with Crippen LogP contribution in [0.1, 0.15) is 32.8 Å². The molecule has 2 rings (SSSR count). The van der Waals surface area contributed by atoms with E-state index in [0.717, 1.165) is 18.6 Å². The maximum Gasteiger partial charge on any atom is 0.234 e. The number of thioether (sulfide) groups is 1. The molecule has 1 aromatic rings. The predicted molar refractivity (Wildman–Crippen MR) is 120 cm³/mol. The summed E-state index contributed by atoms with van der Waals surface area (Å²) in [6.07, 6.45) is 4.56. The molecular weight excluding hydrogens is 390 g/mol. The standard InChI is InChI=1S/C22H31NO3S2/c1-5-20(26-4)15(2)11-12-19(24)16(3)21(25)23-18(14-28-22(23)27)13-17-9-7-6-8-10-17/h6-12,15-16,18-20,24H,5,13-14H2,1-4H3/b12-11+/t15-,16+,18?,19-,20-/m0/s1. The van der Waals surface area contributed by atoms with Crippen molar-refractivity contribution in [1.29, 1.82) is 0 Å². The van der Waals surface area contributed by atoms with Crippen LogP contribution in [0.5, 0.6) is 0 Å². The van der Waals surface area contributed by atoms with Crippen LogP contribution in [0.15, 0.2) is 42.5 Å². The highest BCUT2D eigenvalue weighted by molar-refractivity contribution is 8.23. The number of aliphatic hydroxyl groups is 1. The molecule has 0 saturated carbocycles. The van der Waals surface area contributed by atoms with Gasteiger partial charge in [0.25, 0.3) is 0 Å². The van der Waals surface area contributed by atoms with Gasteiger partial charge in [0.15, 0.2) is 0 Å². The first-order valence-corrected chi connectivity index (χ1v) is 11.2. The second kappa shape index (κ2) is 11.1. The highest BCUT2D eigenvalue weighted by atomic mass is 32.2. The van der Waals surface area contributed by atoms with Gasteiger partial charge in [0.2, 0.25) is 5.91 Å². The van der Waals surface area contributed by atoms with E-state index < -0.39 is 12.0 Å². The summed E-state index contributed by atoms with van der Waals surface area (Å²) in [6, 6.07) is 10.2. The number of nitrogens with zero attached hydrogens (tertiary/aromatic N) is 1. The van der Waals surface area contributed by atoms with E-state index in [1.54, 1.807) is 25.0 Å². The van der Waals surface area contributed by atoms with Crippen LogP contribution in [-0.2, 0) is 16.0 Å². The van der Waals surface area contributed by atoms with Crippen molar-refractivity contribution in [1.82, 2.24) is 4.90 Å². The highest BCUT2D eigenvalue weighted by Gasteiger charge is 2.37. The third kappa shape index (κ3) is 5.89. The van der Waals surface area contributed by atoms with Crippen LogP contribution >= 0.6 is 24.0 Å². The average Bonchev–Trinajstić information content (AvgIpc) is 3.06. The molecule has 5 atom stereocenters. The number of hydrogen-bond donors (Lipinski definition) is 1. The summed E-state index contributed by atoms with van der Waals surface area (Å²) in [7, 11) is 1.69. The number of carbonyl (C=O) groups is 1. The van der Waals surface area contributed by atoms with Crippen LogP contribution in [0.4, 0.5) is 0 Å². The van der Waals surface area contributed by atoms with Gasteiger partial charge in [-0.1, -0.05) is 87.2 Å². The largest absolute Gasteiger partial charge is 0.388 e. The first kappa shape index (κ1) is 23.1. The van der Waals surface area contributed by atoms with E-state index in [2.05, 4.69) is 26.0 Å². The molecule has 0 radical (unpaired) electrons. The Labute approximate surface area is 178 Å². The monoisotopic (exact) mass is 421 g/mol. The lowest BCUT2D eigenvalue weighted by Gasteiger charge is -2.28. The number of methoxy groups -OCH3 is 1. The van der Waals surface area contributed by atoms with Crippen LogP contribution in [0.3, 0.4) is 0 Å². The van der Waals surface area contributed by atoms with Crippen molar-refractivity contribution in [3.63, 3.8) is 0 Å². The van der Waals surface area contributed by atoms with Gasteiger partial charge < -0.3 is 9.84 Å². The fraction of sp³-hybridized carbons (Fsp3) is 0.545. The number of aliphatic hydroxyl groups excluding tert-OH is 1. The predicted octanol–water partition coefficient (Wildman–Crippen LogP) is 4.07. The molecule has 1 fully saturated rings. The van der Waals surface area contributed by atoms with E-state index in [1.807, 2.05) is 24.3 Å². The number of hydrogen-bond acceptors (Lipinski definition) is 5. The summed E-state index contributed by atoms with van der Waals surface area (Å²) in [5.74, 6) is 0.294. The van der Waals surface area contributed by atoms with Gasteiger partial charge in [0.05, 0.1) is 24.2 Å². The highest BCUT2D eigenvalue weighted by Crippen LogP contribution is 2.29. The third-order valence-corrected chi connectivity index (χ3v) is 6.86. The van der Waals surface area contributed by atoms with E-state index in [1.165, 1.54) is 17.3 Å². The molecule has 1 amide bonds. The molecule has 1 aliphatic heterocycles. The molecule has 6 heteroatoms. The average molecular weight is 422 g/mol.